The van der Waals surface area contributed by atoms with Crippen molar-refractivity contribution >= 4 is 39.8 Å². The number of thiazole rings is 1. The number of halogens is 3. The molecule has 4 aromatic rings. The standard InChI is InChI=1S/C16H12F3N5OS2/c1-2-15(25,16(17,18)19)12-6-21-14(27-12)26-9-3-4-11-10(5-9)20-7-13-23-22-8-24(11)13/h3-8,25H,2H2,1H3. The van der Waals surface area contributed by atoms with Crippen LogP contribution >= 0.6 is 23.1 Å². The first-order valence-electron chi connectivity index (χ1n) is 7.83. The minimum atomic E-state index is -4.76. The van der Waals surface area contributed by atoms with E-state index in [2.05, 4.69) is 20.2 Å². The Bertz CT molecular complexity index is 1130. The lowest BCUT2D eigenvalue weighted by molar-refractivity contribution is -0.266. The fraction of sp³-hybridized carbons (Fsp3) is 0.250. The molecule has 1 unspecified atom stereocenters. The van der Waals surface area contributed by atoms with Crippen LogP contribution in [0.5, 0.6) is 0 Å². The van der Waals surface area contributed by atoms with Crippen molar-refractivity contribution in [1.82, 2.24) is 24.6 Å². The number of fused-ring (bicyclic) bond motifs is 3. The summed E-state index contributed by atoms with van der Waals surface area (Å²) in [4.78, 5) is 8.92. The van der Waals surface area contributed by atoms with E-state index in [9.17, 15) is 18.3 Å². The molecule has 6 nitrogen and oxygen atoms in total. The maximum absolute atomic E-state index is 13.2. The van der Waals surface area contributed by atoms with Gasteiger partial charge in [-0.05, 0) is 24.6 Å². The molecule has 0 saturated heterocycles. The molecule has 0 spiro atoms. The summed E-state index contributed by atoms with van der Waals surface area (Å²) in [6.07, 6.45) is -0.965. The van der Waals surface area contributed by atoms with Crippen molar-refractivity contribution < 1.29 is 18.3 Å². The first-order chi connectivity index (χ1) is 12.8. The molecule has 1 aromatic carbocycles. The molecular formula is C16H12F3N5OS2. The largest absolute Gasteiger partial charge is 0.422 e. The predicted molar refractivity (Wildman–Crippen MR) is 94.8 cm³/mol. The number of aliphatic hydroxyl groups is 1. The highest BCUT2D eigenvalue weighted by atomic mass is 32.2. The smallest absolute Gasteiger partial charge is 0.376 e. The molecular weight excluding hydrogens is 399 g/mol. The average molecular weight is 411 g/mol. The molecule has 1 atom stereocenters. The van der Waals surface area contributed by atoms with Gasteiger partial charge in [0.25, 0.3) is 0 Å². The topological polar surface area (TPSA) is 76.2 Å². The second-order valence-corrected chi connectivity index (χ2v) is 8.12. The minimum Gasteiger partial charge on any atom is -0.376 e. The van der Waals surface area contributed by atoms with Gasteiger partial charge in [0.1, 0.15) is 6.33 Å². The van der Waals surface area contributed by atoms with E-state index < -0.39 is 18.2 Å². The lowest BCUT2D eigenvalue weighted by Crippen LogP contribution is -2.40. The van der Waals surface area contributed by atoms with Crippen LogP contribution in [0.1, 0.15) is 18.2 Å². The first-order valence-corrected chi connectivity index (χ1v) is 9.47. The third kappa shape index (κ3) is 3.05. The van der Waals surface area contributed by atoms with Crippen molar-refractivity contribution in [3.63, 3.8) is 0 Å². The molecule has 0 bridgehead atoms. The van der Waals surface area contributed by atoms with Crippen LogP contribution in [0.4, 0.5) is 13.2 Å². The SMILES string of the molecule is CCC(O)(c1cnc(Sc2ccc3c(c2)ncc2nncn23)s1)C(F)(F)F. The number of rotatable bonds is 4. The van der Waals surface area contributed by atoms with Crippen LogP contribution in [0.2, 0.25) is 0 Å². The van der Waals surface area contributed by atoms with Gasteiger partial charge in [0.15, 0.2) is 15.6 Å². The molecule has 11 heteroatoms. The number of hydrogen-bond acceptors (Lipinski definition) is 7. The molecule has 0 aliphatic rings. The van der Waals surface area contributed by atoms with Gasteiger partial charge in [0, 0.05) is 11.1 Å². The molecule has 0 amide bonds. The minimum absolute atomic E-state index is 0.217. The van der Waals surface area contributed by atoms with E-state index in [-0.39, 0.29) is 4.88 Å². The summed E-state index contributed by atoms with van der Waals surface area (Å²) in [7, 11) is 0. The van der Waals surface area contributed by atoms with Crippen LogP contribution in [-0.4, -0.2) is 35.8 Å². The van der Waals surface area contributed by atoms with Gasteiger partial charge >= 0.3 is 6.18 Å². The van der Waals surface area contributed by atoms with Gasteiger partial charge in [-0.15, -0.1) is 21.5 Å². The normalized spacial score (nSPS) is 14.7. The molecule has 0 saturated carbocycles. The van der Waals surface area contributed by atoms with Crippen LogP contribution < -0.4 is 0 Å². The van der Waals surface area contributed by atoms with E-state index in [0.717, 1.165) is 27.9 Å². The number of alkyl halides is 3. The third-order valence-corrected chi connectivity index (χ3v) is 6.39. The summed E-state index contributed by atoms with van der Waals surface area (Å²) < 4.78 is 41.8. The second-order valence-electron chi connectivity index (χ2n) is 5.77. The molecule has 0 radical (unpaired) electrons. The van der Waals surface area contributed by atoms with E-state index in [4.69, 9.17) is 0 Å². The van der Waals surface area contributed by atoms with Gasteiger partial charge in [-0.25, -0.2) is 4.98 Å². The van der Waals surface area contributed by atoms with Crippen LogP contribution in [-0.2, 0) is 5.60 Å². The molecule has 3 heterocycles. The van der Waals surface area contributed by atoms with Gasteiger partial charge in [0.05, 0.1) is 22.1 Å². The molecule has 4 rings (SSSR count). The van der Waals surface area contributed by atoms with Crippen LogP contribution in [0.15, 0.2) is 46.2 Å². The number of benzene rings is 1. The predicted octanol–water partition coefficient (Wildman–Crippen LogP) is 4.05. The maximum atomic E-state index is 13.2. The zero-order chi connectivity index (χ0) is 19.2. The van der Waals surface area contributed by atoms with Gasteiger partial charge in [0.2, 0.25) is 0 Å². The van der Waals surface area contributed by atoms with Crippen LogP contribution in [0.25, 0.3) is 16.7 Å². The van der Waals surface area contributed by atoms with Crippen molar-refractivity contribution in [3.05, 3.63) is 41.8 Å². The van der Waals surface area contributed by atoms with E-state index in [1.54, 1.807) is 16.9 Å². The highest BCUT2D eigenvalue weighted by Crippen LogP contribution is 2.45. The Morgan fingerprint density at radius 3 is 2.78 bits per heavy atom. The Labute approximate surface area is 159 Å². The maximum Gasteiger partial charge on any atom is 0.422 e. The van der Waals surface area contributed by atoms with Crippen molar-refractivity contribution in [2.45, 2.75) is 34.4 Å². The number of hydrogen-bond donors (Lipinski definition) is 1. The van der Waals surface area contributed by atoms with Crippen molar-refractivity contribution in [3.8, 4) is 0 Å². The molecule has 0 aliphatic heterocycles. The Morgan fingerprint density at radius 2 is 2.04 bits per heavy atom. The zero-order valence-electron chi connectivity index (χ0n) is 13.8. The van der Waals surface area contributed by atoms with E-state index in [0.29, 0.717) is 15.5 Å². The molecule has 0 fully saturated rings. The molecule has 140 valence electrons. The monoisotopic (exact) mass is 411 g/mol. The van der Waals surface area contributed by atoms with E-state index >= 15 is 0 Å². The summed E-state index contributed by atoms with van der Waals surface area (Å²) in [5, 5.41) is 17.8. The lowest BCUT2D eigenvalue weighted by atomic mass is 9.99. The van der Waals surface area contributed by atoms with Gasteiger partial charge in [-0.2, -0.15) is 13.2 Å². The summed E-state index contributed by atoms with van der Waals surface area (Å²) >= 11 is 2.05. The van der Waals surface area contributed by atoms with Gasteiger partial charge < -0.3 is 5.11 Å². The average Bonchev–Trinajstić information content (AvgIpc) is 3.29. The van der Waals surface area contributed by atoms with Crippen molar-refractivity contribution in [1.29, 1.82) is 0 Å². The second kappa shape index (κ2) is 6.43. The first kappa shape index (κ1) is 18.1. The lowest BCUT2D eigenvalue weighted by Gasteiger charge is -2.27. The summed E-state index contributed by atoms with van der Waals surface area (Å²) in [5.41, 5.74) is -0.740. The molecule has 3 aromatic heterocycles. The van der Waals surface area contributed by atoms with Crippen LogP contribution in [0.3, 0.4) is 0 Å². The van der Waals surface area contributed by atoms with Gasteiger partial charge in [-0.3, -0.25) is 9.38 Å². The molecule has 27 heavy (non-hydrogen) atoms. The summed E-state index contributed by atoms with van der Waals surface area (Å²) in [6, 6.07) is 5.48. The summed E-state index contributed by atoms with van der Waals surface area (Å²) in [5.74, 6) is 0. The van der Waals surface area contributed by atoms with Crippen molar-refractivity contribution in [2.24, 2.45) is 0 Å². The third-order valence-electron chi connectivity index (χ3n) is 4.18. The van der Waals surface area contributed by atoms with Gasteiger partial charge in [-0.1, -0.05) is 18.7 Å². The quantitative estimate of drug-likeness (QED) is 0.546. The van der Waals surface area contributed by atoms with Crippen molar-refractivity contribution in [2.75, 3.05) is 0 Å². The Balaban J connectivity index is 1.65. The van der Waals surface area contributed by atoms with E-state index in [1.807, 2.05) is 18.2 Å². The fourth-order valence-corrected chi connectivity index (χ4v) is 4.80. The highest BCUT2D eigenvalue weighted by Gasteiger charge is 2.54. The number of aromatic nitrogens is 5. The zero-order valence-corrected chi connectivity index (χ0v) is 15.4. The Kier molecular flexibility index (Phi) is 4.32. The molecule has 1 N–H and O–H groups in total. The van der Waals surface area contributed by atoms with E-state index in [1.165, 1.54) is 18.7 Å². The molecule has 0 aliphatic carbocycles. The fourth-order valence-electron chi connectivity index (χ4n) is 2.63. The van der Waals surface area contributed by atoms with Crippen LogP contribution in [0, 0.1) is 0 Å². The highest BCUT2D eigenvalue weighted by molar-refractivity contribution is 8.01. The summed E-state index contributed by atoms with van der Waals surface area (Å²) in [6.45, 7) is 1.29. The Morgan fingerprint density at radius 1 is 1.22 bits per heavy atom. The number of nitrogens with zero attached hydrogens (tertiary/aromatic N) is 5. The Hall–Kier alpha value is -2.24.